The Morgan fingerprint density at radius 1 is 1.00 bits per heavy atom. The van der Waals surface area contributed by atoms with Crippen LogP contribution in [0.15, 0.2) is 0 Å². The maximum atomic E-state index is 12.8. The van der Waals surface area contributed by atoms with Crippen molar-refractivity contribution in [2.75, 3.05) is 39.3 Å². The molecule has 1 aliphatic carbocycles. The number of carbonyl (C=O) groups excluding carboxylic acids is 2. The van der Waals surface area contributed by atoms with E-state index < -0.39 is 0 Å². The molecule has 0 radical (unpaired) electrons. The van der Waals surface area contributed by atoms with Gasteiger partial charge in [0.05, 0.1) is 6.54 Å². The number of rotatable bonds is 4. The molecule has 2 amide bonds. The maximum absolute atomic E-state index is 12.8. The van der Waals surface area contributed by atoms with Crippen molar-refractivity contribution in [3.63, 3.8) is 0 Å². The first-order valence-electron chi connectivity index (χ1n) is 8.11. The zero-order valence-corrected chi connectivity index (χ0v) is 12.8. The summed E-state index contributed by atoms with van der Waals surface area (Å²) in [7, 11) is 0. The van der Waals surface area contributed by atoms with Gasteiger partial charge >= 0.3 is 0 Å². The van der Waals surface area contributed by atoms with Gasteiger partial charge in [0.25, 0.3) is 0 Å². The lowest BCUT2D eigenvalue weighted by molar-refractivity contribution is -0.138. The Bertz CT molecular complexity index is 375. The SMILES string of the molecule is NCC1CCCCC1C(=O)N1CCCN(CC(N)=O)CC1. The molecule has 21 heavy (non-hydrogen) atoms. The zero-order valence-electron chi connectivity index (χ0n) is 12.8. The Balaban J connectivity index is 1.91. The number of hydrogen-bond donors (Lipinski definition) is 2. The van der Waals surface area contributed by atoms with Crippen LogP contribution in [-0.2, 0) is 9.59 Å². The molecule has 4 N–H and O–H groups in total. The highest BCUT2D eigenvalue weighted by atomic mass is 16.2. The van der Waals surface area contributed by atoms with Crippen LogP contribution in [0.3, 0.4) is 0 Å². The van der Waals surface area contributed by atoms with E-state index in [2.05, 4.69) is 0 Å². The molecule has 2 rings (SSSR count). The Morgan fingerprint density at radius 2 is 1.76 bits per heavy atom. The first-order valence-corrected chi connectivity index (χ1v) is 8.11. The summed E-state index contributed by atoms with van der Waals surface area (Å²) in [6.45, 7) is 3.93. The monoisotopic (exact) mass is 296 g/mol. The van der Waals surface area contributed by atoms with Gasteiger partial charge in [0.15, 0.2) is 0 Å². The highest BCUT2D eigenvalue weighted by Gasteiger charge is 2.33. The number of amides is 2. The Kier molecular flexibility index (Phi) is 5.99. The summed E-state index contributed by atoms with van der Waals surface area (Å²) in [6, 6.07) is 0. The zero-order chi connectivity index (χ0) is 15.2. The predicted molar refractivity (Wildman–Crippen MR) is 81.3 cm³/mol. The number of carbonyl (C=O) groups is 2. The number of hydrogen-bond acceptors (Lipinski definition) is 4. The van der Waals surface area contributed by atoms with Gasteiger partial charge in [-0.25, -0.2) is 0 Å². The van der Waals surface area contributed by atoms with Gasteiger partial charge in [0.2, 0.25) is 11.8 Å². The lowest BCUT2D eigenvalue weighted by Crippen LogP contribution is -2.44. The van der Waals surface area contributed by atoms with Crippen LogP contribution in [0.4, 0.5) is 0 Å². The molecule has 0 aromatic carbocycles. The summed E-state index contributed by atoms with van der Waals surface area (Å²) in [5, 5.41) is 0. The van der Waals surface area contributed by atoms with Gasteiger partial charge in [-0.3, -0.25) is 14.5 Å². The molecule has 0 spiro atoms. The van der Waals surface area contributed by atoms with Crippen molar-refractivity contribution in [3.8, 4) is 0 Å². The van der Waals surface area contributed by atoms with Crippen LogP contribution < -0.4 is 11.5 Å². The van der Waals surface area contributed by atoms with E-state index in [1.165, 1.54) is 6.42 Å². The quantitative estimate of drug-likeness (QED) is 0.749. The highest BCUT2D eigenvalue weighted by Crippen LogP contribution is 2.31. The molecule has 6 nitrogen and oxygen atoms in total. The maximum Gasteiger partial charge on any atom is 0.231 e. The van der Waals surface area contributed by atoms with E-state index in [1.807, 2.05) is 9.80 Å². The average molecular weight is 296 g/mol. The first-order chi connectivity index (χ1) is 10.1. The van der Waals surface area contributed by atoms with Gasteiger partial charge in [-0.1, -0.05) is 12.8 Å². The third-order valence-electron chi connectivity index (χ3n) is 4.81. The van der Waals surface area contributed by atoms with Crippen LogP contribution in [0, 0.1) is 11.8 Å². The molecule has 0 aromatic heterocycles. The van der Waals surface area contributed by atoms with Crippen LogP contribution >= 0.6 is 0 Å². The van der Waals surface area contributed by atoms with Crippen molar-refractivity contribution >= 4 is 11.8 Å². The lowest BCUT2D eigenvalue weighted by atomic mass is 9.78. The van der Waals surface area contributed by atoms with Crippen LogP contribution in [0.2, 0.25) is 0 Å². The smallest absolute Gasteiger partial charge is 0.231 e. The summed E-state index contributed by atoms with van der Waals surface area (Å²) in [6.07, 6.45) is 5.28. The van der Waals surface area contributed by atoms with E-state index >= 15 is 0 Å². The third kappa shape index (κ3) is 4.41. The summed E-state index contributed by atoms with van der Waals surface area (Å²) in [4.78, 5) is 27.8. The second-order valence-corrected chi connectivity index (χ2v) is 6.31. The number of nitrogens with zero attached hydrogens (tertiary/aromatic N) is 2. The lowest BCUT2D eigenvalue weighted by Gasteiger charge is -2.33. The molecular formula is C15H28N4O2. The van der Waals surface area contributed by atoms with Crippen molar-refractivity contribution in [2.24, 2.45) is 23.3 Å². The molecule has 2 unspecified atom stereocenters. The van der Waals surface area contributed by atoms with E-state index in [0.717, 1.165) is 45.3 Å². The molecule has 2 atom stereocenters. The van der Waals surface area contributed by atoms with Gasteiger partial charge < -0.3 is 16.4 Å². The van der Waals surface area contributed by atoms with Crippen LogP contribution in [0.5, 0.6) is 0 Å². The van der Waals surface area contributed by atoms with Gasteiger partial charge in [-0.15, -0.1) is 0 Å². The van der Waals surface area contributed by atoms with E-state index in [9.17, 15) is 9.59 Å². The van der Waals surface area contributed by atoms with E-state index in [1.54, 1.807) is 0 Å². The third-order valence-corrected chi connectivity index (χ3v) is 4.81. The fraction of sp³-hybridized carbons (Fsp3) is 0.867. The molecule has 1 aliphatic heterocycles. The van der Waals surface area contributed by atoms with Crippen LogP contribution in [-0.4, -0.2) is 60.9 Å². The molecule has 0 bridgehead atoms. The molecule has 2 aliphatic rings. The highest BCUT2D eigenvalue weighted by molar-refractivity contribution is 5.79. The predicted octanol–water partition coefficient (Wildman–Crippen LogP) is -0.229. The fourth-order valence-electron chi connectivity index (χ4n) is 3.62. The second-order valence-electron chi connectivity index (χ2n) is 6.31. The summed E-state index contributed by atoms with van der Waals surface area (Å²) < 4.78 is 0. The van der Waals surface area contributed by atoms with Crippen molar-refractivity contribution in [1.29, 1.82) is 0 Å². The Labute approximate surface area is 126 Å². The largest absolute Gasteiger partial charge is 0.369 e. The summed E-state index contributed by atoms with van der Waals surface area (Å²) in [5.74, 6) is 0.416. The van der Waals surface area contributed by atoms with Gasteiger partial charge in [-0.05, 0) is 31.7 Å². The van der Waals surface area contributed by atoms with Crippen LogP contribution in [0.25, 0.3) is 0 Å². The molecular weight excluding hydrogens is 268 g/mol. The molecule has 1 saturated heterocycles. The van der Waals surface area contributed by atoms with Crippen molar-refractivity contribution < 1.29 is 9.59 Å². The van der Waals surface area contributed by atoms with E-state index in [4.69, 9.17) is 11.5 Å². The normalized spacial score (nSPS) is 28.1. The molecule has 0 aromatic rings. The van der Waals surface area contributed by atoms with Crippen LogP contribution in [0.1, 0.15) is 32.1 Å². The molecule has 6 heteroatoms. The minimum Gasteiger partial charge on any atom is -0.369 e. The second kappa shape index (κ2) is 7.75. The van der Waals surface area contributed by atoms with Gasteiger partial charge in [0.1, 0.15) is 0 Å². The Morgan fingerprint density at radius 3 is 2.48 bits per heavy atom. The number of primary amides is 1. The van der Waals surface area contributed by atoms with E-state index in [-0.39, 0.29) is 24.3 Å². The summed E-state index contributed by atoms with van der Waals surface area (Å²) in [5.41, 5.74) is 11.1. The molecule has 2 fully saturated rings. The van der Waals surface area contributed by atoms with Gasteiger partial charge in [-0.2, -0.15) is 0 Å². The minimum absolute atomic E-state index is 0.103. The van der Waals surface area contributed by atoms with Crippen molar-refractivity contribution in [3.05, 3.63) is 0 Å². The topological polar surface area (TPSA) is 92.7 Å². The minimum atomic E-state index is -0.301. The van der Waals surface area contributed by atoms with E-state index in [0.29, 0.717) is 19.0 Å². The summed E-state index contributed by atoms with van der Waals surface area (Å²) >= 11 is 0. The average Bonchev–Trinajstić information content (AvgIpc) is 2.71. The fourth-order valence-corrected chi connectivity index (χ4v) is 3.62. The molecule has 1 heterocycles. The molecule has 1 saturated carbocycles. The first kappa shape index (κ1) is 16.2. The van der Waals surface area contributed by atoms with Crippen molar-refractivity contribution in [2.45, 2.75) is 32.1 Å². The Hall–Kier alpha value is -1.14. The van der Waals surface area contributed by atoms with Gasteiger partial charge in [0, 0.05) is 32.1 Å². The van der Waals surface area contributed by atoms with Crippen molar-refractivity contribution in [1.82, 2.24) is 9.80 Å². The standard InChI is InChI=1S/C15H28N4O2/c16-10-12-4-1-2-5-13(12)15(21)19-7-3-6-18(8-9-19)11-14(17)20/h12-13H,1-11,16H2,(H2,17,20). The molecule has 120 valence electrons. The number of nitrogens with two attached hydrogens (primary N) is 2.